The average Bonchev–Trinajstić information content (AvgIpc) is 2.91. The summed E-state index contributed by atoms with van der Waals surface area (Å²) in [7, 11) is 0. The Hall–Kier alpha value is -2.21. The molecule has 1 aliphatic heterocycles. The Kier molecular flexibility index (Phi) is 2.38. The molecule has 0 bridgehead atoms. The molecule has 2 heterocycles. The lowest BCUT2D eigenvalue weighted by Crippen LogP contribution is -2.25. The van der Waals surface area contributed by atoms with Crippen LogP contribution >= 0.6 is 0 Å². The van der Waals surface area contributed by atoms with Gasteiger partial charge in [0, 0.05) is 11.5 Å². The Labute approximate surface area is 102 Å². The zero-order valence-electron chi connectivity index (χ0n) is 9.37. The van der Waals surface area contributed by atoms with Crippen molar-refractivity contribution in [2.24, 2.45) is 0 Å². The lowest BCUT2D eigenvalue weighted by atomic mass is 10.2. The molecule has 6 heteroatoms. The van der Waals surface area contributed by atoms with Crippen molar-refractivity contribution >= 4 is 22.7 Å². The number of nitrogens with zero attached hydrogens (tertiary/aromatic N) is 1. The van der Waals surface area contributed by atoms with Gasteiger partial charge in [0.1, 0.15) is 23.7 Å². The maximum Gasteiger partial charge on any atom is 0.414 e. The first kappa shape index (κ1) is 10.9. The largest absolute Gasteiger partial charge is 0.508 e. The number of aromatic hydroxyl groups is 1. The van der Waals surface area contributed by atoms with Crippen molar-refractivity contribution in [3.63, 3.8) is 0 Å². The van der Waals surface area contributed by atoms with Crippen molar-refractivity contribution < 1.29 is 24.2 Å². The van der Waals surface area contributed by atoms with Crippen molar-refractivity contribution in [2.45, 2.75) is 6.10 Å². The van der Waals surface area contributed by atoms with Crippen LogP contribution in [0.4, 0.5) is 10.5 Å². The van der Waals surface area contributed by atoms with E-state index in [2.05, 4.69) is 0 Å². The normalized spacial score (nSPS) is 19.5. The van der Waals surface area contributed by atoms with Crippen LogP contribution in [0.1, 0.15) is 0 Å². The topological polar surface area (TPSA) is 83.1 Å². The second kappa shape index (κ2) is 3.92. The van der Waals surface area contributed by atoms with Crippen molar-refractivity contribution in [3.8, 4) is 5.75 Å². The third kappa shape index (κ3) is 1.58. The minimum atomic E-state index is -0.514. The quantitative estimate of drug-likeness (QED) is 0.841. The number of aliphatic hydroxyl groups excluding tert-OH is 1. The standard InChI is InChI=1S/C12H11NO5/c14-5-8-4-13(12(16)18-8)10-6-17-11-3-7(15)1-2-9(10)11/h1-3,6,8,14-15H,4-5H2/t8-/m1/s1. The van der Waals surface area contributed by atoms with Crippen molar-refractivity contribution in [2.75, 3.05) is 18.1 Å². The van der Waals surface area contributed by atoms with Crippen LogP contribution < -0.4 is 4.90 Å². The number of carbonyl (C=O) groups is 1. The van der Waals surface area contributed by atoms with Gasteiger partial charge in [-0.1, -0.05) is 0 Å². The van der Waals surface area contributed by atoms with Crippen molar-refractivity contribution in [1.82, 2.24) is 0 Å². The van der Waals surface area contributed by atoms with Crippen LogP contribution in [-0.4, -0.2) is 35.6 Å². The Morgan fingerprint density at radius 1 is 1.44 bits per heavy atom. The smallest absolute Gasteiger partial charge is 0.414 e. The molecule has 0 radical (unpaired) electrons. The summed E-state index contributed by atoms with van der Waals surface area (Å²) in [5.41, 5.74) is 1.07. The second-order valence-corrected chi connectivity index (χ2v) is 4.10. The van der Waals surface area contributed by atoms with E-state index in [1.165, 1.54) is 23.3 Å². The number of phenols is 1. The Morgan fingerprint density at radius 2 is 2.28 bits per heavy atom. The van der Waals surface area contributed by atoms with E-state index >= 15 is 0 Å². The van der Waals surface area contributed by atoms with Gasteiger partial charge in [0.2, 0.25) is 0 Å². The number of cyclic esters (lactones) is 1. The molecular weight excluding hydrogens is 238 g/mol. The molecule has 0 unspecified atom stereocenters. The first-order valence-corrected chi connectivity index (χ1v) is 5.48. The molecule has 1 fully saturated rings. The molecule has 3 rings (SSSR count). The first-order chi connectivity index (χ1) is 8.69. The lowest BCUT2D eigenvalue weighted by Gasteiger charge is -2.09. The van der Waals surface area contributed by atoms with E-state index in [4.69, 9.17) is 14.3 Å². The monoisotopic (exact) mass is 249 g/mol. The van der Waals surface area contributed by atoms with E-state index in [0.29, 0.717) is 16.7 Å². The Bertz CT molecular complexity index is 606. The zero-order chi connectivity index (χ0) is 12.7. The molecule has 1 amide bonds. The highest BCUT2D eigenvalue weighted by Crippen LogP contribution is 2.33. The minimum absolute atomic E-state index is 0.0978. The second-order valence-electron chi connectivity index (χ2n) is 4.10. The number of fused-ring (bicyclic) bond motifs is 1. The molecule has 1 atom stereocenters. The van der Waals surface area contributed by atoms with Crippen molar-refractivity contribution in [3.05, 3.63) is 24.5 Å². The van der Waals surface area contributed by atoms with Gasteiger partial charge in [-0.25, -0.2) is 4.79 Å². The molecule has 1 aromatic heterocycles. The van der Waals surface area contributed by atoms with Gasteiger partial charge in [0.05, 0.1) is 18.8 Å². The van der Waals surface area contributed by atoms with Gasteiger partial charge in [-0.05, 0) is 12.1 Å². The summed E-state index contributed by atoms with van der Waals surface area (Å²) in [5.74, 6) is 0.0978. The van der Waals surface area contributed by atoms with E-state index in [1.807, 2.05) is 0 Å². The fraction of sp³-hybridized carbons (Fsp3) is 0.250. The summed E-state index contributed by atoms with van der Waals surface area (Å²) in [6.07, 6.45) is 0.412. The first-order valence-electron chi connectivity index (χ1n) is 5.48. The molecule has 0 aliphatic carbocycles. The van der Waals surface area contributed by atoms with Crippen molar-refractivity contribution in [1.29, 1.82) is 0 Å². The highest BCUT2D eigenvalue weighted by molar-refractivity contribution is 6.01. The summed E-state index contributed by atoms with van der Waals surface area (Å²) in [5, 5.41) is 19.0. The predicted molar refractivity (Wildman–Crippen MR) is 62.6 cm³/mol. The summed E-state index contributed by atoms with van der Waals surface area (Å²) in [6.45, 7) is 0.0731. The number of phenolic OH excluding ortho intramolecular Hbond substituents is 1. The lowest BCUT2D eigenvalue weighted by molar-refractivity contribution is 0.0963. The summed E-state index contributed by atoms with van der Waals surface area (Å²) in [6, 6.07) is 4.67. The number of ether oxygens (including phenoxy) is 1. The molecule has 0 saturated carbocycles. The predicted octanol–water partition coefficient (Wildman–Crippen LogP) is 1.46. The van der Waals surface area contributed by atoms with E-state index in [-0.39, 0.29) is 18.9 Å². The number of anilines is 1. The van der Waals surface area contributed by atoms with Gasteiger partial charge in [-0.3, -0.25) is 4.90 Å². The van der Waals surface area contributed by atoms with E-state index in [0.717, 1.165) is 0 Å². The number of rotatable bonds is 2. The van der Waals surface area contributed by atoms with Crippen LogP contribution in [0.5, 0.6) is 5.75 Å². The maximum atomic E-state index is 11.7. The number of furan rings is 1. The molecule has 0 spiro atoms. The van der Waals surface area contributed by atoms with E-state index in [1.54, 1.807) is 6.07 Å². The third-order valence-corrected chi connectivity index (χ3v) is 2.91. The van der Waals surface area contributed by atoms with Gasteiger partial charge < -0.3 is 19.4 Å². The molecule has 1 aromatic carbocycles. The summed E-state index contributed by atoms with van der Waals surface area (Å²) < 4.78 is 10.3. The average molecular weight is 249 g/mol. The minimum Gasteiger partial charge on any atom is -0.508 e. The zero-order valence-corrected chi connectivity index (χ0v) is 9.37. The Morgan fingerprint density at radius 3 is 3.00 bits per heavy atom. The van der Waals surface area contributed by atoms with Gasteiger partial charge in [-0.15, -0.1) is 0 Å². The van der Waals surface area contributed by atoms with Gasteiger partial charge in [0.15, 0.2) is 0 Å². The fourth-order valence-electron chi connectivity index (χ4n) is 2.03. The molecule has 18 heavy (non-hydrogen) atoms. The number of hydrogen-bond donors (Lipinski definition) is 2. The molecular formula is C12H11NO5. The van der Waals surface area contributed by atoms with Crippen LogP contribution in [0.15, 0.2) is 28.9 Å². The molecule has 6 nitrogen and oxygen atoms in total. The number of amides is 1. The highest BCUT2D eigenvalue weighted by atomic mass is 16.6. The number of carbonyl (C=O) groups excluding carboxylic acids is 1. The molecule has 1 saturated heterocycles. The summed E-state index contributed by atoms with van der Waals surface area (Å²) in [4.78, 5) is 13.1. The molecule has 2 aromatic rings. The third-order valence-electron chi connectivity index (χ3n) is 2.91. The Balaban J connectivity index is 2.02. The summed E-state index contributed by atoms with van der Waals surface area (Å²) >= 11 is 0. The number of hydrogen-bond acceptors (Lipinski definition) is 5. The van der Waals surface area contributed by atoms with Crippen LogP contribution in [0.2, 0.25) is 0 Å². The number of benzene rings is 1. The fourth-order valence-corrected chi connectivity index (χ4v) is 2.03. The van der Waals surface area contributed by atoms with Gasteiger partial charge >= 0.3 is 6.09 Å². The molecule has 94 valence electrons. The maximum absolute atomic E-state index is 11.7. The van der Waals surface area contributed by atoms with Crippen LogP contribution in [-0.2, 0) is 4.74 Å². The SMILES string of the molecule is O=C1O[C@@H](CO)CN1c1coc2cc(O)ccc12. The molecule has 2 N–H and O–H groups in total. The molecule has 1 aliphatic rings. The van der Waals surface area contributed by atoms with Gasteiger partial charge in [-0.2, -0.15) is 0 Å². The highest BCUT2D eigenvalue weighted by Gasteiger charge is 2.33. The van der Waals surface area contributed by atoms with Crippen LogP contribution in [0.25, 0.3) is 11.0 Å². The van der Waals surface area contributed by atoms with Crippen LogP contribution in [0, 0.1) is 0 Å². The van der Waals surface area contributed by atoms with Gasteiger partial charge in [0.25, 0.3) is 0 Å². The number of aliphatic hydroxyl groups is 1. The van der Waals surface area contributed by atoms with E-state index < -0.39 is 12.2 Å². The van der Waals surface area contributed by atoms with Crippen LogP contribution in [0.3, 0.4) is 0 Å². The van der Waals surface area contributed by atoms with E-state index in [9.17, 15) is 9.90 Å².